The highest BCUT2D eigenvalue weighted by molar-refractivity contribution is 6.09. The van der Waals surface area contributed by atoms with Gasteiger partial charge in [-0.05, 0) is 46.2 Å². The quantitative estimate of drug-likeness (QED) is 0.367. The summed E-state index contributed by atoms with van der Waals surface area (Å²) in [6, 6.07) is 1.36. The van der Waals surface area contributed by atoms with E-state index in [0.29, 0.717) is 45.9 Å². The van der Waals surface area contributed by atoms with Crippen molar-refractivity contribution < 1.29 is 13.9 Å². The van der Waals surface area contributed by atoms with E-state index < -0.39 is 11.4 Å². The number of pyridine rings is 1. The number of piperidine rings is 1. The Hall–Kier alpha value is -3.53. The Morgan fingerprint density at radius 2 is 1.92 bits per heavy atom. The molecule has 37 heavy (non-hydrogen) atoms. The van der Waals surface area contributed by atoms with Gasteiger partial charge in [-0.2, -0.15) is 0 Å². The third-order valence-corrected chi connectivity index (χ3v) is 7.46. The Morgan fingerprint density at radius 1 is 1.11 bits per heavy atom. The van der Waals surface area contributed by atoms with Gasteiger partial charge in [0.15, 0.2) is 0 Å². The summed E-state index contributed by atoms with van der Waals surface area (Å²) in [5, 5.41) is 0.594. The molecule has 1 aromatic carbocycles. The van der Waals surface area contributed by atoms with Crippen LogP contribution in [0.15, 0.2) is 29.5 Å². The van der Waals surface area contributed by atoms with Gasteiger partial charge in [0.2, 0.25) is 5.88 Å². The van der Waals surface area contributed by atoms with Gasteiger partial charge in [0, 0.05) is 19.7 Å². The number of halogens is 1. The Morgan fingerprint density at radius 3 is 2.68 bits per heavy atom. The van der Waals surface area contributed by atoms with E-state index >= 15 is 4.39 Å². The number of hydrogen-bond acceptors (Lipinski definition) is 7. The lowest BCUT2D eigenvalue weighted by molar-refractivity contribution is 0.189. The summed E-state index contributed by atoms with van der Waals surface area (Å²) >= 11 is 0. The van der Waals surface area contributed by atoms with Crippen molar-refractivity contribution >= 4 is 21.9 Å². The van der Waals surface area contributed by atoms with Crippen LogP contribution in [0.3, 0.4) is 0 Å². The normalized spacial score (nSPS) is 17.3. The third-order valence-electron chi connectivity index (χ3n) is 7.46. The first kappa shape index (κ1) is 23.8. The summed E-state index contributed by atoms with van der Waals surface area (Å²) < 4.78 is 30.8. The molecule has 2 aliphatic rings. The van der Waals surface area contributed by atoms with E-state index in [1.54, 1.807) is 22.4 Å². The predicted molar refractivity (Wildman–Crippen MR) is 139 cm³/mol. The molecular weight excluding hydrogens is 475 g/mol. The summed E-state index contributed by atoms with van der Waals surface area (Å²) in [6.45, 7) is 7.92. The monoisotopic (exact) mass is 506 g/mol. The number of aromatic nitrogens is 5. The molecule has 6 rings (SSSR count). The Bertz CT molecular complexity index is 1540. The van der Waals surface area contributed by atoms with Crippen LogP contribution in [0.2, 0.25) is 0 Å². The topological polar surface area (TPSA) is 87.3 Å². The van der Waals surface area contributed by atoms with Crippen molar-refractivity contribution in [1.82, 2.24) is 29.0 Å². The molecule has 1 saturated heterocycles. The average Bonchev–Trinajstić information content (AvgIpc) is 3.08. The summed E-state index contributed by atoms with van der Waals surface area (Å²) in [6.07, 6.45) is 9.41. The Balaban J connectivity index is 1.34. The van der Waals surface area contributed by atoms with Gasteiger partial charge < -0.3 is 14.4 Å². The fourth-order valence-corrected chi connectivity index (χ4v) is 5.51. The first-order valence-electron chi connectivity index (χ1n) is 12.9. The predicted octanol–water partition coefficient (Wildman–Crippen LogP) is 3.87. The molecule has 0 atom stereocenters. The summed E-state index contributed by atoms with van der Waals surface area (Å²) in [7, 11) is 1.72. The van der Waals surface area contributed by atoms with E-state index in [0.717, 1.165) is 26.1 Å². The van der Waals surface area contributed by atoms with Crippen LogP contribution in [-0.2, 0) is 12.6 Å². The third kappa shape index (κ3) is 4.03. The van der Waals surface area contributed by atoms with Crippen molar-refractivity contribution in [2.24, 2.45) is 7.05 Å². The molecule has 0 spiro atoms. The highest BCUT2D eigenvalue weighted by Gasteiger charge is 2.34. The molecular formula is C27H31FN6O3. The number of nitrogens with zero attached hydrogens (tertiary/aromatic N) is 6. The molecule has 5 heterocycles. The van der Waals surface area contributed by atoms with E-state index in [4.69, 9.17) is 9.47 Å². The second-order valence-electron chi connectivity index (χ2n) is 10.6. The van der Waals surface area contributed by atoms with Crippen molar-refractivity contribution in [3.05, 3.63) is 41.0 Å². The first-order chi connectivity index (χ1) is 17.8. The second-order valence-corrected chi connectivity index (χ2v) is 10.6. The zero-order valence-electron chi connectivity index (χ0n) is 21.5. The van der Waals surface area contributed by atoms with Crippen LogP contribution in [0.4, 0.5) is 4.39 Å². The van der Waals surface area contributed by atoms with Crippen molar-refractivity contribution in [1.29, 1.82) is 0 Å². The van der Waals surface area contributed by atoms with Crippen LogP contribution < -0.4 is 15.2 Å². The average molecular weight is 507 g/mol. The fourth-order valence-electron chi connectivity index (χ4n) is 5.51. The maximum atomic E-state index is 15.5. The van der Waals surface area contributed by atoms with E-state index in [-0.39, 0.29) is 17.9 Å². The molecule has 0 bridgehead atoms. The highest BCUT2D eigenvalue weighted by atomic mass is 19.1. The molecule has 0 N–H and O–H groups in total. The van der Waals surface area contributed by atoms with Crippen molar-refractivity contribution in [3.63, 3.8) is 0 Å². The number of benzene rings is 1. The smallest absolute Gasteiger partial charge is 0.329 e. The maximum Gasteiger partial charge on any atom is 0.329 e. The molecule has 0 saturated carbocycles. The number of aryl methyl sites for hydroxylation is 1. The number of hydrogen-bond donors (Lipinski definition) is 0. The van der Waals surface area contributed by atoms with Gasteiger partial charge in [0.05, 0.1) is 63.9 Å². The van der Waals surface area contributed by atoms with Crippen LogP contribution in [0, 0.1) is 5.82 Å². The zero-order valence-corrected chi connectivity index (χ0v) is 21.5. The number of imidazole rings is 1. The van der Waals surface area contributed by atoms with E-state index in [9.17, 15) is 4.79 Å². The molecule has 194 valence electrons. The number of likely N-dealkylation sites (tertiary alicyclic amines) is 1. The molecule has 0 radical (unpaired) electrons. The van der Waals surface area contributed by atoms with Gasteiger partial charge in [0.1, 0.15) is 18.2 Å². The standard InChI is InChI=1S/C27H31FN6O3/c1-27(2)16-37-25-22(17(28)12-18-23(25)24-20(14-29-18)32(3)26(35)34(24)27)19-13-31-21(15-30-19)36-11-7-10-33-8-5-4-6-9-33/h12-15H,4-11,16H2,1-3H3. The summed E-state index contributed by atoms with van der Waals surface area (Å²) in [5.74, 6) is 0.211. The SMILES string of the molecule is Cn1c(=O)n2c3c4c(c(-c5cnc(OCCCN6CCCCC6)cn5)c(F)cc4ncc31)OCC2(C)C. The van der Waals surface area contributed by atoms with Crippen LogP contribution in [0.25, 0.3) is 33.2 Å². The lowest BCUT2D eigenvalue weighted by atomic mass is 10.0. The largest absolute Gasteiger partial charge is 0.490 e. The second kappa shape index (κ2) is 9.09. The van der Waals surface area contributed by atoms with Crippen molar-refractivity contribution in [2.75, 3.05) is 32.8 Å². The minimum Gasteiger partial charge on any atom is -0.490 e. The van der Waals surface area contributed by atoms with Crippen LogP contribution in [0.5, 0.6) is 11.6 Å². The minimum atomic E-state index is -0.658. The molecule has 3 aromatic heterocycles. The van der Waals surface area contributed by atoms with Gasteiger partial charge in [-0.25, -0.2) is 19.2 Å². The van der Waals surface area contributed by atoms with Gasteiger partial charge in [-0.15, -0.1) is 0 Å². The van der Waals surface area contributed by atoms with Gasteiger partial charge in [-0.1, -0.05) is 6.42 Å². The fraction of sp³-hybridized carbons (Fsp3) is 0.481. The maximum absolute atomic E-state index is 15.5. The molecule has 2 aliphatic heterocycles. The molecule has 9 nitrogen and oxygen atoms in total. The summed E-state index contributed by atoms with van der Waals surface area (Å²) in [5.41, 5.74) is 1.46. The first-order valence-corrected chi connectivity index (χ1v) is 12.9. The number of ether oxygens (including phenoxy) is 2. The van der Waals surface area contributed by atoms with E-state index in [1.165, 1.54) is 37.7 Å². The Kier molecular flexibility index (Phi) is 5.86. The lowest BCUT2D eigenvalue weighted by Crippen LogP contribution is -2.40. The molecule has 10 heteroatoms. The number of rotatable bonds is 6. The van der Waals surface area contributed by atoms with E-state index in [2.05, 4.69) is 19.9 Å². The van der Waals surface area contributed by atoms with E-state index in [1.807, 2.05) is 13.8 Å². The zero-order chi connectivity index (χ0) is 25.7. The molecule has 1 fully saturated rings. The van der Waals surface area contributed by atoms with Crippen LogP contribution >= 0.6 is 0 Å². The Labute approximate surface area is 213 Å². The minimum absolute atomic E-state index is 0.168. The van der Waals surface area contributed by atoms with Gasteiger partial charge >= 0.3 is 5.69 Å². The van der Waals surface area contributed by atoms with Crippen molar-refractivity contribution in [3.8, 4) is 22.9 Å². The molecule has 0 aliphatic carbocycles. The highest BCUT2D eigenvalue weighted by Crippen LogP contribution is 2.43. The lowest BCUT2D eigenvalue weighted by Gasteiger charge is -2.26. The molecule has 4 aromatic rings. The van der Waals surface area contributed by atoms with Crippen molar-refractivity contribution in [2.45, 2.75) is 45.1 Å². The van der Waals surface area contributed by atoms with Crippen LogP contribution in [0.1, 0.15) is 39.5 Å². The molecule has 0 unspecified atom stereocenters. The molecule has 0 amide bonds. The van der Waals surface area contributed by atoms with Gasteiger partial charge in [0.25, 0.3) is 0 Å². The summed E-state index contributed by atoms with van der Waals surface area (Å²) in [4.78, 5) is 28.9. The van der Waals surface area contributed by atoms with Gasteiger partial charge in [-0.3, -0.25) is 14.1 Å². The van der Waals surface area contributed by atoms with Crippen LogP contribution in [-0.4, -0.2) is 61.8 Å².